The molecule has 24 heavy (non-hydrogen) atoms. The third-order valence-corrected chi connectivity index (χ3v) is 6.15. The molecule has 0 aliphatic heterocycles. The van der Waals surface area contributed by atoms with Gasteiger partial charge in [0, 0.05) is 18.1 Å². The standard InChI is InChI=1S/C18H18N2O4/c1-11-14-5-6-15(18(14)7-8-18)16(11)17(22)19(10-21)12-3-2-4-13(9-12)20(23)24/h2-6,9-11,14-16H,7-8H2,1H3/t11-,14+,15+,16-/m0/s1. The molecule has 3 aliphatic rings. The van der Waals surface area contributed by atoms with Crippen molar-refractivity contribution in [2.24, 2.45) is 29.1 Å². The van der Waals surface area contributed by atoms with Crippen LogP contribution in [0.15, 0.2) is 36.4 Å². The number of hydrogen-bond acceptors (Lipinski definition) is 4. The first-order chi connectivity index (χ1) is 11.5. The molecule has 1 spiro atoms. The Bertz CT molecular complexity index is 768. The van der Waals surface area contributed by atoms with Crippen LogP contribution in [-0.2, 0) is 9.59 Å². The minimum absolute atomic E-state index is 0.133. The van der Waals surface area contributed by atoms with E-state index in [2.05, 4.69) is 19.1 Å². The van der Waals surface area contributed by atoms with Crippen LogP contribution in [0.5, 0.6) is 0 Å². The predicted molar refractivity (Wildman–Crippen MR) is 87.1 cm³/mol. The zero-order chi connectivity index (χ0) is 17.1. The van der Waals surface area contributed by atoms with Crippen LogP contribution in [0.4, 0.5) is 11.4 Å². The Kier molecular flexibility index (Phi) is 3.13. The third-order valence-electron chi connectivity index (χ3n) is 6.15. The largest absolute Gasteiger partial charge is 0.278 e. The normalized spacial score (nSPS) is 31.2. The van der Waals surface area contributed by atoms with Gasteiger partial charge in [0.2, 0.25) is 12.3 Å². The van der Waals surface area contributed by atoms with Crippen molar-refractivity contribution in [3.05, 3.63) is 46.5 Å². The zero-order valence-electron chi connectivity index (χ0n) is 13.3. The predicted octanol–water partition coefficient (Wildman–Crippen LogP) is 2.93. The van der Waals surface area contributed by atoms with Crippen LogP contribution in [0, 0.1) is 39.2 Å². The van der Waals surface area contributed by atoms with Crippen molar-refractivity contribution in [3.63, 3.8) is 0 Å². The van der Waals surface area contributed by atoms with E-state index in [0.29, 0.717) is 12.3 Å². The van der Waals surface area contributed by atoms with E-state index in [1.807, 2.05) is 0 Å². The molecule has 2 saturated carbocycles. The topological polar surface area (TPSA) is 80.5 Å². The van der Waals surface area contributed by atoms with Gasteiger partial charge in [0.05, 0.1) is 10.6 Å². The number of allylic oxidation sites excluding steroid dienone is 2. The molecule has 2 fully saturated rings. The molecule has 4 rings (SSSR count). The van der Waals surface area contributed by atoms with Crippen LogP contribution in [0.25, 0.3) is 0 Å². The maximum Gasteiger partial charge on any atom is 0.271 e. The lowest BCUT2D eigenvalue weighted by Gasteiger charge is -2.27. The summed E-state index contributed by atoms with van der Waals surface area (Å²) in [4.78, 5) is 36.1. The molecular weight excluding hydrogens is 308 g/mol. The molecule has 0 radical (unpaired) electrons. The Morgan fingerprint density at radius 3 is 2.62 bits per heavy atom. The number of nitro groups is 1. The van der Waals surface area contributed by atoms with E-state index in [0.717, 1.165) is 17.7 Å². The first-order valence-electron chi connectivity index (χ1n) is 8.21. The second-order valence-corrected chi connectivity index (χ2v) is 7.15. The van der Waals surface area contributed by atoms with Crippen molar-refractivity contribution < 1.29 is 14.5 Å². The van der Waals surface area contributed by atoms with Crippen molar-refractivity contribution in [3.8, 4) is 0 Å². The molecule has 1 aromatic rings. The molecule has 2 amide bonds. The number of benzene rings is 1. The molecule has 6 heteroatoms. The Hall–Kier alpha value is -2.50. The smallest absolute Gasteiger partial charge is 0.271 e. The third kappa shape index (κ3) is 1.89. The van der Waals surface area contributed by atoms with Crippen LogP contribution in [0.3, 0.4) is 0 Å². The van der Waals surface area contributed by atoms with Crippen LogP contribution < -0.4 is 4.90 Å². The first-order valence-corrected chi connectivity index (χ1v) is 8.21. The molecule has 2 bridgehead atoms. The maximum absolute atomic E-state index is 13.1. The Morgan fingerprint density at radius 1 is 1.33 bits per heavy atom. The summed E-state index contributed by atoms with van der Waals surface area (Å²) >= 11 is 0. The number of non-ortho nitro benzene ring substituents is 1. The summed E-state index contributed by atoms with van der Waals surface area (Å²) in [5.74, 6) is 0.311. The number of rotatable bonds is 4. The average molecular weight is 326 g/mol. The summed E-state index contributed by atoms with van der Waals surface area (Å²) in [6.07, 6.45) is 7.12. The van der Waals surface area contributed by atoms with Gasteiger partial charge in [0.25, 0.3) is 5.69 Å². The SMILES string of the molecule is C[C@@H]1[C@H](C(=O)N(C=O)c2cccc([N+](=O)[O-])c2)[C@H]2C=C[C@H]1C21CC1. The Morgan fingerprint density at radius 2 is 2.04 bits per heavy atom. The number of imide groups is 1. The van der Waals surface area contributed by atoms with E-state index in [-0.39, 0.29) is 40.5 Å². The summed E-state index contributed by atoms with van der Waals surface area (Å²) < 4.78 is 0. The second-order valence-electron chi connectivity index (χ2n) is 7.15. The van der Waals surface area contributed by atoms with Crippen molar-refractivity contribution in [1.82, 2.24) is 0 Å². The van der Waals surface area contributed by atoms with Gasteiger partial charge in [-0.15, -0.1) is 0 Å². The van der Waals surface area contributed by atoms with Crippen molar-refractivity contribution >= 4 is 23.7 Å². The number of anilines is 1. The fourth-order valence-electron chi connectivity index (χ4n) is 4.92. The molecule has 0 N–H and O–H groups in total. The van der Waals surface area contributed by atoms with Crippen LogP contribution in [-0.4, -0.2) is 17.2 Å². The highest BCUT2D eigenvalue weighted by Crippen LogP contribution is 2.72. The highest BCUT2D eigenvalue weighted by molar-refractivity contribution is 6.08. The molecule has 0 heterocycles. The van der Waals surface area contributed by atoms with E-state index >= 15 is 0 Å². The highest BCUT2D eigenvalue weighted by atomic mass is 16.6. The first kappa shape index (κ1) is 15.1. The van der Waals surface area contributed by atoms with Gasteiger partial charge in [-0.05, 0) is 42.1 Å². The van der Waals surface area contributed by atoms with Crippen LogP contribution in [0.2, 0.25) is 0 Å². The monoisotopic (exact) mass is 326 g/mol. The van der Waals surface area contributed by atoms with E-state index in [1.54, 1.807) is 6.07 Å². The molecule has 124 valence electrons. The lowest BCUT2D eigenvalue weighted by Crippen LogP contribution is -2.39. The lowest BCUT2D eigenvalue weighted by atomic mass is 9.83. The van der Waals surface area contributed by atoms with Crippen LogP contribution >= 0.6 is 0 Å². The fourth-order valence-corrected chi connectivity index (χ4v) is 4.92. The number of hydrogen-bond donors (Lipinski definition) is 0. The minimum atomic E-state index is -0.529. The van der Waals surface area contributed by atoms with Crippen molar-refractivity contribution in [1.29, 1.82) is 0 Å². The van der Waals surface area contributed by atoms with Gasteiger partial charge in [-0.3, -0.25) is 24.6 Å². The molecule has 4 atom stereocenters. The molecular formula is C18H18N2O4. The molecule has 0 unspecified atom stereocenters. The lowest BCUT2D eigenvalue weighted by molar-refractivity contribution is -0.384. The van der Waals surface area contributed by atoms with Gasteiger partial charge in [0.1, 0.15) is 0 Å². The zero-order valence-corrected chi connectivity index (χ0v) is 13.3. The van der Waals surface area contributed by atoms with E-state index in [1.165, 1.54) is 18.2 Å². The Labute approximate surface area is 139 Å². The summed E-state index contributed by atoms with van der Waals surface area (Å²) in [6, 6.07) is 5.66. The highest BCUT2D eigenvalue weighted by Gasteiger charge is 2.67. The second kappa shape index (κ2) is 5.00. The number of carbonyl (C=O) groups excluding carboxylic acids is 2. The number of nitrogens with zero attached hydrogens (tertiary/aromatic N) is 2. The average Bonchev–Trinajstić information content (AvgIpc) is 3.23. The molecule has 3 aliphatic carbocycles. The van der Waals surface area contributed by atoms with Crippen molar-refractivity contribution in [2.75, 3.05) is 4.90 Å². The molecule has 6 nitrogen and oxygen atoms in total. The fraction of sp³-hybridized carbons (Fsp3) is 0.444. The van der Waals surface area contributed by atoms with Gasteiger partial charge in [-0.1, -0.05) is 25.1 Å². The number of amides is 2. The Balaban J connectivity index is 1.66. The van der Waals surface area contributed by atoms with Gasteiger partial charge >= 0.3 is 0 Å². The molecule has 0 saturated heterocycles. The summed E-state index contributed by atoms with van der Waals surface area (Å²) in [5, 5.41) is 10.9. The van der Waals surface area contributed by atoms with E-state index < -0.39 is 4.92 Å². The van der Waals surface area contributed by atoms with Crippen LogP contribution in [0.1, 0.15) is 19.8 Å². The summed E-state index contributed by atoms with van der Waals surface area (Å²) in [6.45, 7) is 2.08. The summed E-state index contributed by atoms with van der Waals surface area (Å²) in [7, 11) is 0. The van der Waals surface area contributed by atoms with Gasteiger partial charge in [0.15, 0.2) is 0 Å². The number of nitro benzene ring substituents is 1. The van der Waals surface area contributed by atoms with Gasteiger partial charge in [-0.2, -0.15) is 0 Å². The van der Waals surface area contributed by atoms with E-state index in [9.17, 15) is 19.7 Å². The van der Waals surface area contributed by atoms with Gasteiger partial charge < -0.3 is 0 Å². The summed E-state index contributed by atoms with van der Waals surface area (Å²) in [5.41, 5.74) is 0.358. The van der Waals surface area contributed by atoms with E-state index in [4.69, 9.17) is 0 Å². The quantitative estimate of drug-likeness (QED) is 0.369. The maximum atomic E-state index is 13.1. The minimum Gasteiger partial charge on any atom is -0.278 e. The van der Waals surface area contributed by atoms with Crippen molar-refractivity contribution in [2.45, 2.75) is 19.8 Å². The van der Waals surface area contributed by atoms with Gasteiger partial charge in [-0.25, -0.2) is 0 Å². The molecule has 0 aromatic heterocycles. The molecule has 1 aromatic carbocycles. The number of carbonyl (C=O) groups is 2.